The minimum Gasteiger partial charge on any atom is -0.383 e. The van der Waals surface area contributed by atoms with Crippen LogP contribution in [0, 0.1) is 0 Å². The highest BCUT2D eigenvalue weighted by Crippen LogP contribution is 2.45. The second kappa shape index (κ2) is 9.17. The van der Waals surface area contributed by atoms with Gasteiger partial charge in [-0.05, 0) is 31.5 Å². The number of benzene rings is 2. The molecule has 2 aromatic carbocycles. The largest absolute Gasteiger partial charge is 0.383 e. The van der Waals surface area contributed by atoms with Crippen LogP contribution in [-0.4, -0.2) is 59.5 Å². The molecule has 3 aromatic rings. The molecule has 2 heterocycles. The first-order valence-electron chi connectivity index (χ1n) is 11.2. The summed E-state index contributed by atoms with van der Waals surface area (Å²) in [5.41, 5.74) is 3.48. The Hall–Kier alpha value is -3.12. The van der Waals surface area contributed by atoms with Crippen LogP contribution in [0.1, 0.15) is 47.3 Å². The van der Waals surface area contributed by atoms with E-state index in [-0.39, 0.29) is 11.8 Å². The Morgan fingerprint density at radius 2 is 1.72 bits per heavy atom. The highest BCUT2D eigenvalue weighted by Gasteiger charge is 2.45. The van der Waals surface area contributed by atoms with Crippen molar-refractivity contribution in [3.05, 3.63) is 71.4 Å². The first kappa shape index (κ1) is 22.1. The van der Waals surface area contributed by atoms with Gasteiger partial charge in [0.15, 0.2) is 0 Å². The van der Waals surface area contributed by atoms with Crippen LogP contribution in [0.2, 0.25) is 0 Å². The third-order valence-corrected chi connectivity index (χ3v) is 6.56. The van der Waals surface area contributed by atoms with Crippen LogP contribution in [0.25, 0.3) is 10.9 Å². The normalized spacial score (nSPS) is 18.1. The van der Waals surface area contributed by atoms with Crippen molar-refractivity contribution >= 4 is 22.7 Å². The van der Waals surface area contributed by atoms with Crippen molar-refractivity contribution in [3.8, 4) is 0 Å². The average molecular weight is 434 g/mol. The lowest BCUT2D eigenvalue weighted by atomic mass is 9.78. The molecule has 0 radical (unpaired) electrons. The van der Waals surface area contributed by atoms with E-state index in [4.69, 9.17) is 4.74 Å². The van der Waals surface area contributed by atoms with Gasteiger partial charge in [-0.15, -0.1) is 0 Å². The third kappa shape index (κ3) is 3.58. The van der Waals surface area contributed by atoms with Gasteiger partial charge >= 0.3 is 0 Å². The van der Waals surface area contributed by atoms with Gasteiger partial charge in [0.2, 0.25) is 5.91 Å². The monoisotopic (exact) mass is 433 g/mol. The number of carbonyl (C=O) groups excluding carboxylic acids is 2. The number of nitrogens with zero attached hydrogens (tertiary/aromatic N) is 3. The first-order valence-corrected chi connectivity index (χ1v) is 11.2. The fourth-order valence-electron chi connectivity index (χ4n) is 4.98. The molecule has 2 atom stereocenters. The van der Waals surface area contributed by atoms with Crippen LogP contribution < -0.4 is 0 Å². The summed E-state index contributed by atoms with van der Waals surface area (Å²) in [5, 5.41) is 1.06. The minimum absolute atomic E-state index is 0.0512. The Labute approximate surface area is 189 Å². The summed E-state index contributed by atoms with van der Waals surface area (Å²) in [6.07, 6.45) is 2.07. The van der Waals surface area contributed by atoms with Crippen LogP contribution in [0.3, 0.4) is 0 Å². The Morgan fingerprint density at radius 3 is 2.44 bits per heavy atom. The summed E-state index contributed by atoms with van der Waals surface area (Å²) in [4.78, 5) is 31.3. The zero-order chi connectivity index (χ0) is 22.8. The smallest absolute Gasteiger partial charge is 0.254 e. The standard InChI is InChI=1S/C26H31N3O3/c1-5-28(6-2)26(31)23-19-12-7-8-13-20(19)25(30)29(15-16-32-4)24(23)21-17-27(3)22-14-10-9-11-18(21)22/h7-14,17,23-24H,5-6,15-16H2,1-4H3/t23-,24+/m1/s1. The van der Waals surface area contributed by atoms with Crippen molar-refractivity contribution in [3.63, 3.8) is 0 Å². The minimum atomic E-state index is -0.480. The van der Waals surface area contributed by atoms with E-state index in [9.17, 15) is 9.59 Å². The maximum atomic E-state index is 13.9. The molecule has 168 valence electrons. The molecule has 0 saturated heterocycles. The molecule has 0 N–H and O–H groups in total. The Kier molecular flexibility index (Phi) is 6.33. The van der Waals surface area contributed by atoms with E-state index >= 15 is 0 Å². The van der Waals surface area contributed by atoms with Gasteiger partial charge in [-0.3, -0.25) is 9.59 Å². The summed E-state index contributed by atoms with van der Waals surface area (Å²) in [7, 11) is 3.64. The number of hydrogen-bond acceptors (Lipinski definition) is 3. The summed E-state index contributed by atoms with van der Waals surface area (Å²) in [6, 6.07) is 15.3. The molecule has 6 nitrogen and oxygen atoms in total. The third-order valence-electron chi connectivity index (χ3n) is 6.56. The SMILES string of the molecule is CCN(CC)C(=O)[C@@H]1c2ccccc2C(=O)N(CCOC)[C@H]1c1cn(C)c2ccccc12. The van der Waals surface area contributed by atoms with Crippen LogP contribution in [0.5, 0.6) is 0 Å². The Bertz CT molecular complexity index is 1130. The molecule has 0 saturated carbocycles. The Balaban J connectivity index is 1.98. The number of likely N-dealkylation sites (N-methyl/N-ethyl adjacent to an activating group) is 1. The highest BCUT2D eigenvalue weighted by atomic mass is 16.5. The summed E-state index contributed by atoms with van der Waals surface area (Å²) < 4.78 is 7.42. The van der Waals surface area contributed by atoms with E-state index in [1.165, 1.54) is 0 Å². The van der Waals surface area contributed by atoms with Crippen LogP contribution >= 0.6 is 0 Å². The number of fused-ring (bicyclic) bond motifs is 2. The average Bonchev–Trinajstić information content (AvgIpc) is 3.15. The topological polar surface area (TPSA) is 54.8 Å². The molecule has 6 heteroatoms. The number of ether oxygens (including phenoxy) is 1. The van der Waals surface area contributed by atoms with Crippen LogP contribution in [0.15, 0.2) is 54.7 Å². The van der Waals surface area contributed by atoms with E-state index in [1.54, 1.807) is 7.11 Å². The molecule has 0 spiro atoms. The van der Waals surface area contributed by atoms with Gasteiger partial charge in [0.25, 0.3) is 5.91 Å². The van der Waals surface area contributed by atoms with Crippen molar-refractivity contribution < 1.29 is 14.3 Å². The molecule has 0 unspecified atom stereocenters. The quantitative estimate of drug-likeness (QED) is 0.567. The van der Waals surface area contributed by atoms with Gasteiger partial charge in [-0.1, -0.05) is 36.4 Å². The molecule has 2 amide bonds. The molecule has 32 heavy (non-hydrogen) atoms. The second-order valence-electron chi connectivity index (χ2n) is 8.22. The van der Waals surface area contributed by atoms with Gasteiger partial charge < -0.3 is 19.1 Å². The second-order valence-corrected chi connectivity index (χ2v) is 8.22. The molecular weight excluding hydrogens is 402 g/mol. The molecule has 0 fully saturated rings. The predicted molar refractivity (Wildman–Crippen MR) is 126 cm³/mol. The fourth-order valence-corrected chi connectivity index (χ4v) is 4.98. The number of methoxy groups -OCH3 is 1. The van der Waals surface area contributed by atoms with Gasteiger partial charge in [-0.2, -0.15) is 0 Å². The Morgan fingerprint density at radius 1 is 1.03 bits per heavy atom. The number of amides is 2. The van der Waals surface area contributed by atoms with E-state index in [1.807, 2.05) is 67.1 Å². The summed E-state index contributed by atoms with van der Waals surface area (Å²) in [6.45, 7) is 6.07. The maximum Gasteiger partial charge on any atom is 0.254 e. The van der Waals surface area contributed by atoms with Gasteiger partial charge in [0, 0.05) is 62.0 Å². The van der Waals surface area contributed by atoms with E-state index in [0.717, 1.165) is 22.0 Å². The van der Waals surface area contributed by atoms with Crippen molar-refractivity contribution in [2.45, 2.75) is 25.8 Å². The van der Waals surface area contributed by atoms with Crippen molar-refractivity contribution in [1.29, 1.82) is 0 Å². The van der Waals surface area contributed by atoms with E-state index in [0.29, 0.717) is 31.8 Å². The molecule has 1 aliphatic heterocycles. The van der Waals surface area contributed by atoms with Gasteiger partial charge in [-0.25, -0.2) is 0 Å². The van der Waals surface area contributed by atoms with Crippen LogP contribution in [0.4, 0.5) is 0 Å². The van der Waals surface area contributed by atoms with Crippen molar-refractivity contribution in [2.75, 3.05) is 33.4 Å². The zero-order valence-electron chi connectivity index (χ0n) is 19.2. The zero-order valence-corrected chi connectivity index (χ0v) is 19.2. The number of carbonyl (C=O) groups is 2. The number of aromatic nitrogens is 1. The van der Waals surface area contributed by atoms with Crippen molar-refractivity contribution in [2.24, 2.45) is 7.05 Å². The molecule has 1 aromatic heterocycles. The van der Waals surface area contributed by atoms with E-state index < -0.39 is 12.0 Å². The maximum absolute atomic E-state index is 13.9. The summed E-state index contributed by atoms with van der Waals surface area (Å²) >= 11 is 0. The molecular formula is C26H31N3O3. The van der Waals surface area contributed by atoms with Crippen molar-refractivity contribution in [1.82, 2.24) is 14.4 Å². The van der Waals surface area contributed by atoms with Gasteiger partial charge in [0.05, 0.1) is 18.6 Å². The number of aryl methyl sites for hydroxylation is 1. The molecule has 4 rings (SSSR count). The molecule has 0 bridgehead atoms. The summed E-state index contributed by atoms with van der Waals surface area (Å²) in [5.74, 6) is -0.485. The van der Waals surface area contributed by atoms with E-state index in [2.05, 4.69) is 22.9 Å². The number of para-hydroxylation sites is 1. The first-order chi connectivity index (χ1) is 15.5. The van der Waals surface area contributed by atoms with Crippen LogP contribution in [-0.2, 0) is 16.6 Å². The number of rotatable bonds is 7. The lowest BCUT2D eigenvalue weighted by Gasteiger charge is -2.43. The number of hydrogen-bond donors (Lipinski definition) is 0. The molecule has 1 aliphatic rings. The van der Waals surface area contributed by atoms with Gasteiger partial charge in [0.1, 0.15) is 0 Å². The lowest BCUT2D eigenvalue weighted by Crippen LogP contribution is -2.49. The fraction of sp³-hybridized carbons (Fsp3) is 0.385. The highest BCUT2D eigenvalue weighted by molar-refractivity contribution is 6.02. The lowest BCUT2D eigenvalue weighted by molar-refractivity contribution is -0.134. The molecule has 0 aliphatic carbocycles. The predicted octanol–water partition coefficient (Wildman–Crippen LogP) is 3.97.